The summed E-state index contributed by atoms with van der Waals surface area (Å²) in [6.45, 7) is 0.915. The number of fused-ring (bicyclic) bond motifs is 1. The van der Waals surface area contributed by atoms with E-state index in [0.29, 0.717) is 37.3 Å². The molecule has 1 aromatic heterocycles. The second-order valence-electron chi connectivity index (χ2n) is 7.78. The fourth-order valence-corrected chi connectivity index (χ4v) is 4.80. The van der Waals surface area contributed by atoms with Gasteiger partial charge in [-0.15, -0.1) is 0 Å². The van der Waals surface area contributed by atoms with Crippen LogP contribution in [0.3, 0.4) is 0 Å². The van der Waals surface area contributed by atoms with Crippen molar-refractivity contribution in [3.05, 3.63) is 60.0 Å². The molecule has 154 valence electrons. The van der Waals surface area contributed by atoms with Gasteiger partial charge in [-0.05, 0) is 37.1 Å². The number of benzene rings is 2. The molecule has 2 aliphatic rings. The Bertz CT molecular complexity index is 1140. The normalized spacial score (nSPS) is 20.6. The van der Waals surface area contributed by atoms with E-state index in [0.717, 1.165) is 10.9 Å². The number of amides is 2. The molecule has 2 aliphatic heterocycles. The molecule has 2 aromatic carbocycles. The van der Waals surface area contributed by atoms with E-state index in [1.165, 1.54) is 19.2 Å². The second kappa shape index (κ2) is 6.91. The fraction of sp³-hybridized carbons (Fsp3) is 0.318. The number of aromatic amines is 1. The highest BCUT2D eigenvalue weighted by Gasteiger charge is 2.62. The van der Waals surface area contributed by atoms with E-state index in [4.69, 9.17) is 4.74 Å². The molecule has 3 heterocycles. The molecular weight excluding hydrogens is 387 g/mol. The zero-order valence-corrected chi connectivity index (χ0v) is 16.5. The van der Waals surface area contributed by atoms with Crippen LogP contribution in [-0.4, -0.2) is 58.8 Å². The minimum atomic E-state index is -0.593. The average molecular weight is 408 g/mol. The molecule has 1 unspecified atom stereocenters. The molecule has 0 saturated carbocycles. The highest BCUT2D eigenvalue weighted by Crippen LogP contribution is 2.45. The van der Waals surface area contributed by atoms with Gasteiger partial charge in [-0.25, -0.2) is 4.39 Å². The molecule has 0 bridgehead atoms. The van der Waals surface area contributed by atoms with Gasteiger partial charge in [0.05, 0.1) is 11.1 Å². The summed E-state index contributed by atoms with van der Waals surface area (Å²) in [5.74, 6) is -0.713. The van der Waals surface area contributed by atoms with Crippen LogP contribution in [0.5, 0.6) is 0 Å². The Morgan fingerprint density at radius 1 is 1.20 bits per heavy atom. The van der Waals surface area contributed by atoms with E-state index >= 15 is 0 Å². The van der Waals surface area contributed by atoms with Gasteiger partial charge in [-0.3, -0.25) is 14.7 Å². The molecule has 5 rings (SSSR count). The number of nitrogens with one attached hydrogen (secondary N) is 1. The van der Waals surface area contributed by atoms with Crippen LogP contribution >= 0.6 is 0 Å². The van der Waals surface area contributed by atoms with Crippen LogP contribution < -0.4 is 4.90 Å². The first kappa shape index (κ1) is 18.7. The smallest absolute Gasteiger partial charge is 0.274 e. The topological polar surface area (TPSA) is 78.5 Å². The number of ether oxygens (including phenoxy) is 1. The number of rotatable bonds is 3. The minimum absolute atomic E-state index is 0.140. The lowest BCUT2D eigenvalue weighted by atomic mass is 9.72. The summed E-state index contributed by atoms with van der Waals surface area (Å²) in [5.41, 5.74) is 1.16. The van der Waals surface area contributed by atoms with Gasteiger partial charge in [-0.1, -0.05) is 24.3 Å². The van der Waals surface area contributed by atoms with Crippen molar-refractivity contribution < 1.29 is 18.7 Å². The van der Waals surface area contributed by atoms with Crippen molar-refractivity contribution in [2.24, 2.45) is 0 Å². The highest BCUT2D eigenvalue weighted by molar-refractivity contribution is 6.07. The number of nitrogens with zero attached hydrogens (tertiary/aromatic N) is 3. The number of β-lactam (4-membered cyclic amide) rings is 1. The first-order valence-electron chi connectivity index (χ1n) is 9.90. The van der Waals surface area contributed by atoms with Crippen molar-refractivity contribution in [3.8, 4) is 0 Å². The molecule has 0 aliphatic carbocycles. The predicted octanol–water partition coefficient (Wildman–Crippen LogP) is 2.74. The van der Waals surface area contributed by atoms with Gasteiger partial charge in [0.15, 0.2) is 11.8 Å². The molecule has 2 fully saturated rings. The number of piperidine rings is 1. The van der Waals surface area contributed by atoms with Crippen LogP contribution in [0.4, 0.5) is 10.1 Å². The third kappa shape index (κ3) is 2.64. The van der Waals surface area contributed by atoms with E-state index in [-0.39, 0.29) is 11.8 Å². The van der Waals surface area contributed by atoms with Gasteiger partial charge in [0.1, 0.15) is 5.82 Å². The summed E-state index contributed by atoms with van der Waals surface area (Å²) < 4.78 is 19.3. The number of methoxy groups -OCH3 is 1. The number of H-pyrrole nitrogens is 1. The number of likely N-dealkylation sites (tertiary alicyclic amines) is 1. The number of hydrogen-bond acceptors (Lipinski definition) is 4. The predicted molar refractivity (Wildman–Crippen MR) is 109 cm³/mol. The van der Waals surface area contributed by atoms with Crippen molar-refractivity contribution in [1.29, 1.82) is 0 Å². The van der Waals surface area contributed by atoms with Gasteiger partial charge in [0, 0.05) is 31.3 Å². The largest absolute Gasteiger partial charge is 0.369 e. The highest BCUT2D eigenvalue weighted by atomic mass is 19.1. The standard InChI is InChI=1S/C22H21FN4O3/c1-30-19-21(29)27(15-6-4-5-14(23)13-15)22(19)9-11-26(12-10-22)20(28)18-16-7-2-3-8-17(16)24-25-18/h2-8,13,19H,9-12H2,1H3,(H,24,25). The first-order valence-corrected chi connectivity index (χ1v) is 9.90. The summed E-state index contributed by atoms with van der Waals surface area (Å²) in [6, 6.07) is 13.5. The minimum Gasteiger partial charge on any atom is -0.369 e. The van der Waals surface area contributed by atoms with Crippen LogP contribution in [0.15, 0.2) is 48.5 Å². The van der Waals surface area contributed by atoms with Gasteiger partial charge < -0.3 is 14.5 Å². The van der Waals surface area contributed by atoms with Crippen molar-refractivity contribution in [2.45, 2.75) is 24.5 Å². The Morgan fingerprint density at radius 2 is 1.97 bits per heavy atom. The molecule has 1 atom stereocenters. The lowest BCUT2D eigenvalue weighted by Crippen LogP contribution is -2.78. The Balaban J connectivity index is 1.39. The SMILES string of the molecule is COC1C(=O)N(c2cccc(F)c2)C12CCN(C(=O)c1n[nH]c3ccccc13)CC2. The van der Waals surface area contributed by atoms with Gasteiger partial charge in [-0.2, -0.15) is 5.10 Å². The zero-order chi connectivity index (χ0) is 20.9. The third-order valence-electron chi connectivity index (χ3n) is 6.27. The lowest BCUT2D eigenvalue weighted by Gasteiger charge is -2.59. The zero-order valence-electron chi connectivity index (χ0n) is 16.5. The Hall–Kier alpha value is -3.26. The summed E-state index contributed by atoms with van der Waals surface area (Å²) >= 11 is 0. The molecule has 8 heteroatoms. The Labute approximate surface area is 172 Å². The van der Waals surface area contributed by atoms with Crippen LogP contribution in [0.25, 0.3) is 10.9 Å². The summed E-state index contributed by atoms with van der Waals surface area (Å²) in [6.07, 6.45) is 0.494. The number of halogens is 1. The molecule has 1 spiro atoms. The summed E-state index contributed by atoms with van der Waals surface area (Å²) in [7, 11) is 1.51. The number of para-hydroxylation sites is 1. The van der Waals surface area contributed by atoms with Crippen molar-refractivity contribution in [1.82, 2.24) is 15.1 Å². The molecule has 3 aromatic rings. The molecule has 30 heavy (non-hydrogen) atoms. The average Bonchev–Trinajstić information content (AvgIpc) is 3.18. The maximum atomic E-state index is 13.8. The maximum absolute atomic E-state index is 13.8. The number of aromatic nitrogens is 2. The van der Waals surface area contributed by atoms with Crippen LogP contribution in [-0.2, 0) is 9.53 Å². The lowest BCUT2D eigenvalue weighted by molar-refractivity contribution is -0.150. The summed E-state index contributed by atoms with van der Waals surface area (Å²) in [4.78, 5) is 29.2. The van der Waals surface area contributed by atoms with Crippen molar-refractivity contribution in [2.75, 3.05) is 25.1 Å². The number of hydrogen-bond donors (Lipinski definition) is 1. The second-order valence-corrected chi connectivity index (χ2v) is 7.78. The fourth-order valence-electron chi connectivity index (χ4n) is 4.80. The van der Waals surface area contributed by atoms with E-state index in [9.17, 15) is 14.0 Å². The number of carbonyl (C=O) groups excluding carboxylic acids is 2. The number of carbonyl (C=O) groups is 2. The molecule has 2 amide bonds. The monoisotopic (exact) mass is 408 g/mol. The van der Waals surface area contributed by atoms with E-state index in [2.05, 4.69) is 10.2 Å². The van der Waals surface area contributed by atoms with Crippen LogP contribution in [0.2, 0.25) is 0 Å². The first-order chi connectivity index (χ1) is 14.5. The molecule has 2 saturated heterocycles. The van der Waals surface area contributed by atoms with Crippen molar-refractivity contribution in [3.63, 3.8) is 0 Å². The summed E-state index contributed by atoms with van der Waals surface area (Å²) in [5, 5.41) is 7.90. The van der Waals surface area contributed by atoms with Crippen LogP contribution in [0.1, 0.15) is 23.3 Å². The van der Waals surface area contributed by atoms with Gasteiger partial charge in [0.2, 0.25) is 0 Å². The molecular formula is C22H21FN4O3. The van der Waals surface area contributed by atoms with Crippen molar-refractivity contribution >= 4 is 28.4 Å². The third-order valence-corrected chi connectivity index (χ3v) is 6.27. The van der Waals surface area contributed by atoms with E-state index < -0.39 is 17.5 Å². The molecule has 7 nitrogen and oxygen atoms in total. The van der Waals surface area contributed by atoms with Crippen LogP contribution in [0, 0.1) is 5.82 Å². The van der Waals surface area contributed by atoms with E-state index in [1.807, 2.05) is 24.3 Å². The molecule has 0 radical (unpaired) electrons. The van der Waals surface area contributed by atoms with Gasteiger partial charge in [0.25, 0.3) is 11.8 Å². The Kier molecular flexibility index (Phi) is 4.32. The van der Waals surface area contributed by atoms with Gasteiger partial charge >= 0.3 is 0 Å². The van der Waals surface area contributed by atoms with E-state index in [1.54, 1.807) is 21.9 Å². The molecule has 1 N–H and O–H groups in total. The number of anilines is 1. The quantitative estimate of drug-likeness (QED) is 0.676. The maximum Gasteiger partial charge on any atom is 0.274 e. The Morgan fingerprint density at radius 3 is 2.70 bits per heavy atom.